The van der Waals surface area contributed by atoms with E-state index in [1.807, 2.05) is 33.8 Å². The lowest BCUT2D eigenvalue weighted by Crippen LogP contribution is -2.50. The normalized spacial score (nSPS) is 20.1. The average molecular weight is 318 g/mol. The summed E-state index contributed by atoms with van der Waals surface area (Å²) in [6, 6.07) is 8.76. The molecule has 7 heteroatoms. The van der Waals surface area contributed by atoms with Crippen molar-refractivity contribution in [3.63, 3.8) is 0 Å². The molecule has 3 N–H and O–H groups in total. The van der Waals surface area contributed by atoms with Crippen LogP contribution in [0.4, 0.5) is 0 Å². The van der Waals surface area contributed by atoms with Crippen LogP contribution in [0.1, 0.15) is 44.5 Å². The van der Waals surface area contributed by atoms with E-state index in [2.05, 4.69) is 5.32 Å². The highest BCUT2D eigenvalue weighted by molar-refractivity contribution is 6.48. The fourth-order valence-electron chi connectivity index (χ4n) is 2.33. The maximum Gasteiger partial charge on any atom is 0.482 e. The maximum atomic E-state index is 12.3. The molecule has 1 fully saturated rings. The van der Waals surface area contributed by atoms with Crippen LogP contribution >= 0.6 is 0 Å². The molecular formula is C16H23BN2O4. The first-order valence-corrected chi connectivity index (χ1v) is 7.62. The fraction of sp³-hybridized carbons (Fsp3) is 0.500. The van der Waals surface area contributed by atoms with Gasteiger partial charge in [0.15, 0.2) is 0 Å². The standard InChI is InChI=1S/C16H23BN2O4/c1-15(2)16(3,4)23-17(22-15)12(10-13(18)20)19-14(21)11-8-6-5-7-9-11/h5-9,12H,10H2,1-4H3,(H2,18,20)(H,19,21)/t12-/m1/s1. The van der Waals surface area contributed by atoms with E-state index in [4.69, 9.17) is 15.0 Å². The summed E-state index contributed by atoms with van der Waals surface area (Å²) >= 11 is 0. The van der Waals surface area contributed by atoms with Gasteiger partial charge >= 0.3 is 7.12 Å². The van der Waals surface area contributed by atoms with Crippen LogP contribution in [0.2, 0.25) is 0 Å². The summed E-state index contributed by atoms with van der Waals surface area (Å²) < 4.78 is 11.8. The lowest BCUT2D eigenvalue weighted by atomic mass is 9.76. The van der Waals surface area contributed by atoms with Crippen molar-refractivity contribution in [3.05, 3.63) is 35.9 Å². The Labute approximate surface area is 136 Å². The lowest BCUT2D eigenvalue weighted by molar-refractivity contribution is -0.118. The van der Waals surface area contributed by atoms with E-state index < -0.39 is 30.2 Å². The molecule has 2 rings (SSSR count). The third-order valence-electron chi connectivity index (χ3n) is 4.37. The van der Waals surface area contributed by atoms with Crippen LogP contribution in [0, 0.1) is 0 Å². The molecule has 6 nitrogen and oxygen atoms in total. The molecule has 0 saturated carbocycles. The third kappa shape index (κ3) is 3.92. The number of nitrogens with one attached hydrogen (secondary N) is 1. The summed E-state index contributed by atoms with van der Waals surface area (Å²) in [5, 5.41) is 2.79. The summed E-state index contributed by atoms with van der Waals surface area (Å²) in [6.45, 7) is 7.64. The van der Waals surface area contributed by atoms with Crippen LogP contribution in [0.15, 0.2) is 30.3 Å². The van der Waals surface area contributed by atoms with E-state index in [-0.39, 0.29) is 12.3 Å². The van der Waals surface area contributed by atoms with Crippen LogP contribution in [0.3, 0.4) is 0 Å². The number of benzene rings is 1. The van der Waals surface area contributed by atoms with Crippen molar-refractivity contribution in [2.24, 2.45) is 5.73 Å². The van der Waals surface area contributed by atoms with Crippen LogP contribution < -0.4 is 11.1 Å². The molecule has 1 aliphatic heterocycles. The zero-order valence-corrected chi connectivity index (χ0v) is 14.0. The Kier molecular flexibility index (Phi) is 4.82. The van der Waals surface area contributed by atoms with E-state index >= 15 is 0 Å². The Morgan fingerprint density at radius 1 is 1.13 bits per heavy atom. The molecule has 2 amide bonds. The van der Waals surface area contributed by atoms with Crippen LogP contribution in [-0.4, -0.2) is 36.1 Å². The zero-order chi connectivity index (χ0) is 17.3. The molecule has 124 valence electrons. The molecule has 1 aliphatic rings. The van der Waals surface area contributed by atoms with Crippen LogP contribution in [-0.2, 0) is 14.1 Å². The van der Waals surface area contributed by atoms with Crippen molar-refractivity contribution in [1.29, 1.82) is 0 Å². The Bertz CT molecular complexity index is 573. The number of hydrogen-bond acceptors (Lipinski definition) is 4. The SMILES string of the molecule is CC1(C)OB([C@@H](CC(N)=O)NC(=O)c2ccccc2)OC1(C)C. The molecule has 0 radical (unpaired) electrons. The van der Waals surface area contributed by atoms with Crippen molar-refractivity contribution in [3.8, 4) is 0 Å². The minimum absolute atomic E-state index is 0.0601. The van der Waals surface area contributed by atoms with Crippen molar-refractivity contribution in [2.45, 2.75) is 51.3 Å². The fourth-order valence-corrected chi connectivity index (χ4v) is 2.33. The van der Waals surface area contributed by atoms with E-state index in [0.717, 1.165) is 0 Å². The molecule has 1 atom stereocenters. The molecule has 0 aliphatic carbocycles. The lowest BCUT2D eigenvalue weighted by Gasteiger charge is -2.32. The van der Waals surface area contributed by atoms with E-state index in [0.29, 0.717) is 5.56 Å². The number of rotatable bonds is 5. The first-order valence-electron chi connectivity index (χ1n) is 7.62. The highest BCUT2D eigenvalue weighted by Crippen LogP contribution is 2.37. The number of primary amides is 1. The summed E-state index contributed by atoms with van der Waals surface area (Å²) in [5.41, 5.74) is 4.71. The second-order valence-corrected chi connectivity index (χ2v) is 6.74. The first-order chi connectivity index (χ1) is 10.6. The van der Waals surface area contributed by atoms with Gasteiger partial charge in [-0.05, 0) is 39.8 Å². The Hall–Kier alpha value is -1.86. The molecule has 1 aromatic carbocycles. The van der Waals surface area contributed by atoms with Crippen molar-refractivity contribution in [1.82, 2.24) is 5.32 Å². The van der Waals surface area contributed by atoms with Gasteiger partial charge < -0.3 is 20.4 Å². The summed E-state index contributed by atoms with van der Waals surface area (Å²) in [4.78, 5) is 23.7. The van der Waals surface area contributed by atoms with Crippen LogP contribution in [0.25, 0.3) is 0 Å². The largest absolute Gasteiger partial charge is 0.482 e. The topological polar surface area (TPSA) is 90.6 Å². The zero-order valence-electron chi connectivity index (χ0n) is 14.0. The minimum Gasteiger partial charge on any atom is -0.402 e. The van der Waals surface area contributed by atoms with Crippen molar-refractivity contribution < 1.29 is 18.9 Å². The van der Waals surface area contributed by atoms with E-state index in [1.54, 1.807) is 24.3 Å². The van der Waals surface area contributed by atoms with Crippen molar-refractivity contribution in [2.75, 3.05) is 0 Å². The number of nitrogens with two attached hydrogens (primary N) is 1. The Morgan fingerprint density at radius 3 is 2.13 bits per heavy atom. The average Bonchev–Trinajstić information content (AvgIpc) is 2.67. The Balaban J connectivity index is 2.15. The number of carbonyl (C=O) groups excluding carboxylic acids is 2. The van der Waals surface area contributed by atoms with Gasteiger partial charge in [-0.25, -0.2) is 0 Å². The summed E-state index contributed by atoms with van der Waals surface area (Å²) in [5.74, 6) is -1.48. The van der Waals surface area contributed by atoms with E-state index in [9.17, 15) is 9.59 Å². The predicted molar refractivity (Wildman–Crippen MR) is 87.6 cm³/mol. The minimum atomic E-state index is -0.736. The van der Waals surface area contributed by atoms with Crippen LogP contribution in [0.5, 0.6) is 0 Å². The molecule has 0 bridgehead atoms. The molecule has 0 spiro atoms. The molecule has 1 heterocycles. The third-order valence-corrected chi connectivity index (χ3v) is 4.37. The molecule has 1 saturated heterocycles. The van der Waals surface area contributed by atoms with Gasteiger partial charge in [0, 0.05) is 12.0 Å². The van der Waals surface area contributed by atoms with Gasteiger partial charge in [0.2, 0.25) is 5.91 Å². The smallest absolute Gasteiger partial charge is 0.402 e. The number of hydrogen-bond donors (Lipinski definition) is 2. The Morgan fingerprint density at radius 2 is 1.65 bits per heavy atom. The maximum absolute atomic E-state index is 12.3. The molecule has 0 unspecified atom stereocenters. The summed E-state index contributed by atoms with van der Waals surface area (Å²) in [6.07, 6.45) is -0.0601. The predicted octanol–water partition coefficient (Wildman–Crippen LogP) is 1.29. The summed E-state index contributed by atoms with van der Waals surface area (Å²) in [7, 11) is -0.736. The quantitative estimate of drug-likeness (QED) is 0.801. The van der Waals surface area contributed by atoms with Gasteiger partial charge in [-0.3, -0.25) is 9.59 Å². The van der Waals surface area contributed by atoms with Crippen molar-refractivity contribution >= 4 is 18.9 Å². The number of carbonyl (C=O) groups is 2. The molecule has 1 aromatic rings. The van der Waals surface area contributed by atoms with Gasteiger partial charge in [0.05, 0.1) is 17.1 Å². The highest BCUT2D eigenvalue weighted by Gasteiger charge is 2.54. The molecule has 0 aromatic heterocycles. The molecule has 23 heavy (non-hydrogen) atoms. The monoisotopic (exact) mass is 318 g/mol. The second-order valence-electron chi connectivity index (χ2n) is 6.74. The second kappa shape index (κ2) is 6.33. The highest BCUT2D eigenvalue weighted by atomic mass is 16.7. The van der Waals surface area contributed by atoms with Gasteiger partial charge in [-0.15, -0.1) is 0 Å². The first kappa shape index (κ1) is 17.5. The van der Waals surface area contributed by atoms with E-state index in [1.165, 1.54) is 0 Å². The van der Waals surface area contributed by atoms with Gasteiger partial charge in [0.25, 0.3) is 5.91 Å². The van der Waals surface area contributed by atoms with Gasteiger partial charge in [0.1, 0.15) is 0 Å². The van der Waals surface area contributed by atoms with Gasteiger partial charge in [-0.1, -0.05) is 18.2 Å². The number of amides is 2. The molecular weight excluding hydrogens is 295 g/mol. The van der Waals surface area contributed by atoms with Gasteiger partial charge in [-0.2, -0.15) is 0 Å².